The first-order valence-corrected chi connectivity index (χ1v) is 10.2. The normalized spacial score (nSPS) is 13.9. The zero-order chi connectivity index (χ0) is 21.0. The Morgan fingerprint density at radius 1 is 0.839 bits per heavy atom. The van der Waals surface area contributed by atoms with Gasteiger partial charge in [0.25, 0.3) is 5.91 Å². The molecule has 0 atom stereocenters. The van der Waals surface area contributed by atoms with Gasteiger partial charge in [0.2, 0.25) is 0 Å². The minimum atomic E-state index is -0.102. The molecule has 0 spiro atoms. The maximum atomic E-state index is 12.9. The second-order valence-corrected chi connectivity index (χ2v) is 7.26. The number of hydrogen-bond acceptors (Lipinski definition) is 6. The number of benzene rings is 2. The largest absolute Gasteiger partial charge is 0.353 e. The highest BCUT2D eigenvalue weighted by Crippen LogP contribution is 2.21. The van der Waals surface area contributed by atoms with Gasteiger partial charge in [0, 0.05) is 37.8 Å². The van der Waals surface area contributed by atoms with Crippen molar-refractivity contribution in [3.05, 3.63) is 84.9 Å². The monoisotopic (exact) mass is 411 g/mol. The fourth-order valence-electron chi connectivity index (χ4n) is 3.63. The Balaban J connectivity index is 1.25. The smallest absolute Gasteiger partial charge is 0.276 e. The molecule has 31 heavy (non-hydrogen) atoms. The van der Waals surface area contributed by atoms with Crippen LogP contribution in [-0.4, -0.2) is 61.9 Å². The lowest BCUT2D eigenvalue weighted by Gasteiger charge is -2.35. The van der Waals surface area contributed by atoms with Gasteiger partial charge in [0.05, 0.1) is 17.6 Å². The fraction of sp³-hybridized carbons (Fsp3) is 0.174. The standard InChI is InChI=1S/C23H21N7O/c31-23(21-16-26-30(27-21)19-9-5-2-6-10-19)29-13-11-28(12-14-29)22-15-20(24-17-25-22)18-7-3-1-4-8-18/h1-10,15-17H,11-14H2. The number of carbonyl (C=O) groups is 1. The highest BCUT2D eigenvalue weighted by molar-refractivity contribution is 5.92. The van der Waals surface area contributed by atoms with Crippen LogP contribution >= 0.6 is 0 Å². The van der Waals surface area contributed by atoms with Crippen LogP contribution in [0.15, 0.2) is 79.3 Å². The predicted molar refractivity (Wildman–Crippen MR) is 117 cm³/mol. The van der Waals surface area contributed by atoms with E-state index in [0.29, 0.717) is 31.9 Å². The quantitative estimate of drug-likeness (QED) is 0.514. The first-order valence-electron chi connectivity index (χ1n) is 10.2. The molecular weight excluding hydrogens is 390 g/mol. The number of anilines is 1. The molecule has 0 aliphatic carbocycles. The van der Waals surface area contributed by atoms with Gasteiger partial charge in [-0.3, -0.25) is 4.79 Å². The van der Waals surface area contributed by atoms with Gasteiger partial charge in [0.15, 0.2) is 5.69 Å². The van der Waals surface area contributed by atoms with Gasteiger partial charge in [-0.15, -0.1) is 5.10 Å². The third-order valence-corrected chi connectivity index (χ3v) is 5.31. The maximum Gasteiger partial charge on any atom is 0.276 e. The number of nitrogens with zero attached hydrogens (tertiary/aromatic N) is 7. The summed E-state index contributed by atoms with van der Waals surface area (Å²) >= 11 is 0. The Labute approximate surface area is 179 Å². The number of hydrogen-bond donors (Lipinski definition) is 0. The minimum absolute atomic E-state index is 0.102. The molecule has 154 valence electrons. The molecule has 1 saturated heterocycles. The van der Waals surface area contributed by atoms with E-state index in [1.165, 1.54) is 11.0 Å². The highest BCUT2D eigenvalue weighted by atomic mass is 16.2. The topological polar surface area (TPSA) is 80.0 Å². The van der Waals surface area contributed by atoms with Gasteiger partial charge in [-0.2, -0.15) is 9.90 Å². The van der Waals surface area contributed by atoms with Gasteiger partial charge < -0.3 is 9.80 Å². The van der Waals surface area contributed by atoms with Crippen molar-refractivity contribution in [2.75, 3.05) is 31.1 Å². The SMILES string of the molecule is O=C(c1cnn(-c2ccccc2)n1)N1CCN(c2cc(-c3ccccc3)ncn2)CC1. The molecule has 0 saturated carbocycles. The second-order valence-electron chi connectivity index (χ2n) is 7.26. The summed E-state index contributed by atoms with van der Waals surface area (Å²) in [5.41, 5.74) is 3.12. The van der Waals surface area contributed by atoms with Crippen LogP contribution in [0.25, 0.3) is 16.9 Å². The third-order valence-electron chi connectivity index (χ3n) is 5.31. The van der Waals surface area contributed by atoms with Gasteiger partial charge in [-0.1, -0.05) is 48.5 Å². The zero-order valence-corrected chi connectivity index (χ0v) is 16.9. The van der Waals surface area contributed by atoms with Gasteiger partial charge in [-0.05, 0) is 12.1 Å². The first kappa shape index (κ1) is 18.9. The van der Waals surface area contributed by atoms with Crippen molar-refractivity contribution >= 4 is 11.7 Å². The summed E-state index contributed by atoms with van der Waals surface area (Å²) in [5.74, 6) is 0.769. The fourth-order valence-corrected chi connectivity index (χ4v) is 3.63. The molecule has 8 nitrogen and oxygen atoms in total. The van der Waals surface area contributed by atoms with Crippen LogP contribution in [-0.2, 0) is 0 Å². The molecule has 2 aromatic carbocycles. The van der Waals surface area contributed by atoms with Gasteiger partial charge in [0.1, 0.15) is 12.1 Å². The third kappa shape index (κ3) is 4.00. The van der Waals surface area contributed by atoms with Crippen molar-refractivity contribution in [3.63, 3.8) is 0 Å². The molecule has 0 bridgehead atoms. The maximum absolute atomic E-state index is 12.9. The van der Waals surface area contributed by atoms with Gasteiger partial charge >= 0.3 is 0 Å². The van der Waals surface area contributed by atoms with Crippen LogP contribution in [0.2, 0.25) is 0 Å². The van der Waals surface area contributed by atoms with Crippen molar-refractivity contribution in [1.82, 2.24) is 29.9 Å². The van der Waals surface area contributed by atoms with Gasteiger partial charge in [-0.25, -0.2) is 9.97 Å². The Hall–Kier alpha value is -4.07. The number of piperazine rings is 1. The van der Waals surface area contributed by atoms with E-state index >= 15 is 0 Å². The van der Waals surface area contributed by atoms with E-state index in [-0.39, 0.29) is 5.91 Å². The van der Waals surface area contributed by atoms with E-state index in [4.69, 9.17) is 0 Å². The molecule has 0 N–H and O–H groups in total. The van der Waals surface area contributed by atoms with E-state index < -0.39 is 0 Å². The molecule has 1 fully saturated rings. The Kier molecular flexibility index (Phi) is 5.10. The van der Waals surface area contributed by atoms with E-state index in [1.54, 1.807) is 6.33 Å². The lowest BCUT2D eigenvalue weighted by molar-refractivity contribution is 0.0740. The van der Waals surface area contributed by atoms with Crippen LogP contribution in [0.3, 0.4) is 0 Å². The summed E-state index contributed by atoms with van der Waals surface area (Å²) in [4.78, 5) is 27.2. The van der Waals surface area contributed by atoms with E-state index in [0.717, 1.165) is 22.8 Å². The first-order chi connectivity index (χ1) is 15.3. The summed E-state index contributed by atoms with van der Waals surface area (Å²) in [6, 6.07) is 21.6. The molecule has 8 heteroatoms. The van der Waals surface area contributed by atoms with E-state index in [2.05, 4.69) is 25.1 Å². The molecular formula is C23H21N7O. The molecule has 4 aromatic rings. The lowest BCUT2D eigenvalue weighted by atomic mass is 10.1. The minimum Gasteiger partial charge on any atom is -0.353 e. The van der Waals surface area contributed by atoms with Crippen molar-refractivity contribution in [3.8, 4) is 16.9 Å². The molecule has 1 amide bonds. The predicted octanol–water partition coefficient (Wildman–Crippen LogP) is 2.69. The van der Waals surface area contributed by atoms with Crippen molar-refractivity contribution in [2.24, 2.45) is 0 Å². The Morgan fingerprint density at radius 2 is 1.55 bits per heavy atom. The molecule has 0 unspecified atom stereocenters. The van der Waals surface area contributed by atoms with Crippen molar-refractivity contribution in [2.45, 2.75) is 0 Å². The molecule has 1 aliphatic rings. The Bertz CT molecular complexity index is 1170. The lowest BCUT2D eigenvalue weighted by Crippen LogP contribution is -2.49. The van der Waals surface area contributed by atoms with Crippen LogP contribution < -0.4 is 4.90 Å². The highest BCUT2D eigenvalue weighted by Gasteiger charge is 2.25. The summed E-state index contributed by atoms with van der Waals surface area (Å²) in [7, 11) is 0. The number of rotatable bonds is 4. The number of para-hydroxylation sites is 1. The van der Waals surface area contributed by atoms with Crippen LogP contribution in [0.5, 0.6) is 0 Å². The Morgan fingerprint density at radius 3 is 2.29 bits per heavy atom. The molecule has 1 aliphatic heterocycles. The van der Waals surface area contributed by atoms with E-state index in [9.17, 15) is 4.79 Å². The number of carbonyl (C=O) groups excluding carboxylic acids is 1. The number of amides is 1. The van der Waals surface area contributed by atoms with Crippen LogP contribution in [0, 0.1) is 0 Å². The summed E-state index contributed by atoms with van der Waals surface area (Å²) < 4.78 is 0. The second kappa shape index (κ2) is 8.35. The average Bonchev–Trinajstić information content (AvgIpc) is 3.35. The van der Waals surface area contributed by atoms with Crippen molar-refractivity contribution < 1.29 is 4.79 Å². The number of aromatic nitrogens is 5. The van der Waals surface area contributed by atoms with Crippen LogP contribution in [0.1, 0.15) is 10.5 Å². The molecule has 2 aromatic heterocycles. The van der Waals surface area contributed by atoms with Crippen molar-refractivity contribution in [1.29, 1.82) is 0 Å². The summed E-state index contributed by atoms with van der Waals surface area (Å²) in [6.07, 6.45) is 3.12. The molecule has 0 radical (unpaired) electrons. The van der Waals surface area contributed by atoms with Crippen LogP contribution in [0.4, 0.5) is 5.82 Å². The van der Waals surface area contributed by atoms with E-state index in [1.807, 2.05) is 71.6 Å². The average molecular weight is 411 g/mol. The summed E-state index contributed by atoms with van der Waals surface area (Å²) in [6.45, 7) is 2.59. The molecule has 3 heterocycles. The summed E-state index contributed by atoms with van der Waals surface area (Å²) in [5, 5.41) is 8.59. The zero-order valence-electron chi connectivity index (χ0n) is 16.9. The molecule has 5 rings (SSSR count).